The van der Waals surface area contributed by atoms with Gasteiger partial charge in [-0.15, -0.1) is 0 Å². The fraction of sp³-hybridized carbons (Fsp3) is 0.222. The number of imidazole rings is 1. The third-order valence-corrected chi connectivity index (χ3v) is 5.30. The van der Waals surface area contributed by atoms with E-state index in [2.05, 4.69) is 24.0 Å². The van der Waals surface area contributed by atoms with Crippen molar-refractivity contribution in [1.29, 1.82) is 0 Å². The molecule has 4 rings (SSSR count). The first-order valence-electron chi connectivity index (χ1n) is 11.0. The van der Waals surface area contributed by atoms with E-state index in [1.165, 1.54) is 5.56 Å². The maximum Gasteiger partial charge on any atom is 0.337 e. The minimum atomic E-state index is -0.135. The Kier molecular flexibility index (Phi) is 6.95. The summed E-state index contributed by atoms with van der Waals surface area (Å²) in [7, 11) is 4.02. The smallest absolute Gasteiger partial charge is 0.337 e. The third-order valence-electron chi connectivity index (χ3n) is 5.30. The van der Waals surface area contributed by atoms with Crippen LogP contribution in [0.2, 0.25) is 0 Å². The first kappa shape index (κ1) is 22.4. The maximum absolute atomic E-state index is 13.0. The standard InChI is InChI=1S/C27H29N3O3/c1-21-5-4-6-22(19-21)20-33-26-13-9-24(10-14-26)30-16-15-29(27(30)31)23-7-11-25(12-8-23)32-18-17-28(2)3/h4-16,19H,17-18,20H2,1-3H3. The van der Waals surface area contributed by atoms with Crippen LogP contribution in [0, 0.1) is 6.92 Å². The lowest BCUT2D eigenvalue weighted by atomic mass is 10.1. The Hall–Kier alpha value is -3.77. The minimum absolute atomic E-state index is 0.135. The molecule has 0 radical (unpaired) electrons. The molecule has 0 aliphatic rings. The summed E-state index contributed by atoms with van der Waals surface area (Å²) in [4.78, 5) is 15.1. The Morgan fingerprint density at radius 2 is 1.36 bits per heavy atom. The van der Waals surface area contributed by atoms with Gasteiger partial charge >= 0.3 is 5.69 Å². The van der Waals surface area contributed by atoms with E-state index in [0.29, 0.717) is 13.2 Å². The van der Waals surface area contributed by atoms with E-state index < -0.39 is 0 Å². The molecule has 0 aliphatic heterocycles. The molecule has 0 aliphatic carbocycles. The van der Waals surface area contributed by atoms with Crippen molar-refractivity contribution < 1.29 is 9.47 Å². The van der Waals surface area contributed by atoms with Crippen molar-refractivity contribution >= 4 is 0 Å². The summed E-state index contributed by atoms with van der Waals surface area (Å²) in [5, 5.41) is 0. The number of aromatic nitrogens is 2. The lowest BCUT2D eigenvalue weighted by Crippen LogP contribution is -2.21. The van der Waals surface area contributed by atoms with Gasteiger partial charge in [0.1, 0.15) is 24.7 Å². The highest BCUT2D eigenvalue weighted by Gasteiger charge is 2.08. The molecule has 3 aromatic carbocycles. The van der Waals surface area contributed by atoms with Crippen LogP contribution < -0.4 is 15.2 Å². The zero-order chi connectivity index (χ0) is 23.2. The molecule has 0 fully saturated rings. The van der Waals surface area contributed by atoms with Crippen LogP contribution in [-0.2, 0) is 6.61 Å². The summed E-state index contributed by atoms with van der Waals surface area (Å²) in [5.41, 5.74) is 3.77. The Bertz CT molecular complexity index is 1240. The monoisotopic (exact) mass is 443 g/mol. The number of nitrogens with zero attached hydrogens (tertiary/aromatic N) is 3. The lowest BCUT2D eigenvalue weighted by molar-refractivity contribution is 0.261. The third kappa shape index (κ3) is 5.73. The fourth-order valence-corrected chi connectivity index (χ4v) is 3.49. The van der Waals surface area contributed by atoms with Crippen molar-refractivity contribution in [2.75, 3.05) is 27.2 Å². The predicted octanol–water partition coefficient (Wildman–Crippen LogP) is 4.46. The van der Waals surface area contributed by atoms with Gasteiger partial charge in [-0.2, -0.15) is 0 Å². The van der Waals surface area contributed by atoms with Crippen LogP contribution in [-0.4, -0.2) is 41.3 Å². The van der Waals surface area contributed by atoms with Gasteiger partial charge in [-0.1, -0.05) is 29.8 Å². The van der Waals surface area contributed by atoms with E-state index in [0.717, 1.165) is 35.0 Å². The lowest BCUT2D eigenvalue weighted by Gasteiger charge is -2.11. The van der Waals surface area contributed by atoms with Crippen LogP contribution >= 0.6 is 0 Å². The summed E-state index contributed by atoms with van der Waals surface area (Å²) in [6, 6.07) is 23.3. The second-order valence-corrected chi connectivity index (χ2v) is 8.24. The number of rotatable bonds is 9. The molecular formula is C27H29N3O3. The molecule has 0 unspecified atom stereocenters. The highest BCUT2D eigenvalue weighted by Crippen LogP contribution is 2.18. The predicted molar refractivity (Wildman–Crippen MR) is 131 cm³/mol. The Morgan fingerprint density at radius 1 is 0.788 bits per heavy atom. The van der Waals surface area contributed by atoms with Gasteiger partial charge in [-0.25, -0.2) is 4.79 Å². The number of benzene rings is 3. The summed E-state index contributed by atoms with van der Waals surface area (Å²) in [6.07, 6.45) is 3.54. The quantitative estimate of drug-likeness (QED) is 0.383. The molecule has 4 aromatic rings. The van der Waals surface area contributed by atoms with E-state index in [4.69, 9.17) is 9.47 Å². The van der Waals surface area contributed by atoms with E-state index >= 15 is 0 Å². The van der Waals surface area contributed by atoms with Crippen LogP contribution in [0.4, 0.5) is 0 Å². The van der Waals surface area contributed by atoms with Gasteiger partial charge in [0.25, 0.3) is 0 Å². The Morgan fingerprint density at radius 3 is 1.91 bits per heavy atom. The molecule has 33 heavy (non-hydrogen) atoms. The van der Waals surface area contributed by atoms with E-state index in [1.54, 1.807) is 21.5 Å². The SMILES string of the molecule is Cc1cccc(COc2ccc(-n3ccn(-c4ccc(OCCN(C)C)cc4)c3=O)cc2)c1. The zero-order valence-corrected chi connectivity index (χ0v) is 19.3. The van der Waals surface area contributed by atoms with Crippen molar-refractivity contribution in [1.82, 2.24) is 14.0 Å². The van der Waals surface area contributed by atoms with Crippen molar-refractivity contribution in [2.45, 2.75) is 13.5 Å². The normalized spacial score (nSPS) is 11.0. The van der Waals surface area contributed by atoms with Crippen molar-refractivity contribution in [3.8, 4) is 22.9 Å². The summed E-state index contributed by atoms with van der Waals surface area (Å²) >= 11 is 0. The molecule has 0 amide bonds. The second-order valence-electron chi connectivity index (χ2n) is 8.24. The van der Waals surface area contributed by atoms with Crippen LogP contribution in [0.25, 0.3) is 11.4 Å². The molecule has 1 heterocycles. The molecule has 1 aromatic heterocycles. The number of ether oxygens (including phenoxy) is 2. The molecule has 0 saturated heterocycles. The fourth-order valence-electron chi connectivity index (χ4n) is 3.49. The van der Waals surface area contributed by atoms with Crippen LogP contribution in [0.1, 0.15) is 11.1 Å². The Balaban J connectivity index is 1.42. The van der Waals surface area contributed by atoms with E-state index in [1.807, 2.05) is 74.8 Å². The van der Waals surface area contributed by atoms with Gasteiger partial charge in [0.05, 0.1) is 11.4 Å². The molecule has 0 N–H and O–H groups in total. The molecule has 170 valence electrons. The number of hydrogen-bond donors (Lipinski definition) is 0. The number of aryl methyl sites for hydroxylation is 1. The van der Waals surface area contributed by atoms with E-state index in [9.17, 15) is 4.79 Å². The van der Waals surface area contributed by atoms with Crippen molar-refractivity contribution in [3.05, 3.63) is 107 Å². The highest BCUT2D eigenvalue weighted by atomic mass is 16.5. The topological polar surface area (TPSA) is 48.6 Å². The summed E-state index contributed by atoms with van der Waals surface area (Å²) < 4.78 is 14.9. The van der Waals surface area contributed by atoms with Crippen molar-refractivity contribution in [3.63, 3.8) is 0 Å². The average Bonchev–Trinajstić information content (AvgIpc) is 3.19. The van der Waals surface area contributed by atoms with Gasteiger partial charge in [0.2, 0.25) is 0 Å². The maximum atomic E-state index is 13.0. The summed E-state index contributed by atoms with van der Waals surface area (Å²) in [5.74, 6) is 1.55. The largest absolute Gasteiger partial charge is 0.492 e. The molecular weight excluding hydrogens is 414 g/mol. The van der Waals surface area contributed by atoms with Crippen molar-refractivity contribution in [2.24, 2.45) is 0 Å². The molecule has 6 nitrogen and oxygen atoms in total. The number of likely N-dealkylation sites (N-methyl/N-ethyl adjacent to an activating group) is 1. The second kappa shape index (κ2) is 10.2. The first-order chi connectivity index (χ1) is 16.0. The van der Waals surface area contributed by atoms with Gasteiger partial charge < -0.3 is 14.4 Å². The van der Waals surface area contributed by atoms with Gasteiger partial charge in [-0.05, 0) is 75.1 Å². The molecule has 0 bridgehead atoms. The first-order valence-corrected chi connectivity index (χ1v) is 11.0. The van der Waals surface area contributed by atoms with Crippen LogP contribution in [0.3, 0.4) is 0 Å². The highest BCUT2D eigenvalue weighted by molar-refractivity contribution is 5.40. The van der Waals surface area contributed by atoms with Gasteiger partial charge in [-0.3, -0.25) is 9.13 Å². The Labute approximate surface area is 194 Å². The van der Waals surface area contributed by atoms with Gasteiger partial charge in [0.15, 0.2) is 0 Å². The molecule has 6 heteroatoms. The molecule has 0 atom stereocenters. The van der Waals surface area contributed by atoms with Crippen LogP contribution in [0.5, 0.6) is 11.5 Å². The summed E-state index contributed by atoms with van der Waals surface area (Å²) in [6.45, 7) is 4.04. The number of hydrogen-bond acceptors (Lipinski definition) is 4. The minimum Gasteiger partial charge on any atom is -0.492 e. The molecule has 0 saturated carbocycles. The van der Waals surface area contributed by atoms with E-state index in [-0.39, 0.29) is 5.69 Å². The van der Waals surface area contributed by atoms with Gasteiger partial charge in [0, 0.05) is 18.9 Å². The van der Waals surface area contributed by atoms with Crippen LogP contribution in [0.15, 0.2) is 90.0 Å². The average molecular weight is 444 g/mol. The zero-order valence-electron chi connectivity index (χ0n) is 19.3. The molecule has 0 spiro atoms.